The number of aromatic nitrogens is 1. The van der Waals surface area contributed by atoms with E-state index >= 15 is 0 Å². The maximum atomic E-state index is 11.3. The number of carbonyl (C=O) groups excluding carboxylic acids is 1. The van der Waals surface area contributed by atoms with Crippen molar-refractivity contribution in [1.82, 2.24) is 4.57 Å². The number of methoxy groups -OCH3 is 1. The van der Waals surface area contributed by atoms with E-state index in [-0.39, 0.29) is 5.97 Å². The van der Waals surface area contributed by atoms with Gasteiger partial charge in [-0.15, -0.1) is 0 Å². The first-order valence-corrected chi connectivity index (χ1v) is 5.41. The summed E-state index contributed by atoms with van der Waals surface area (Å²) in [6.45, 7) is 0. The average Bonchev–Trinajstić information content (AvgIpc) is 2.79. The van der Waals surface area contributed by atoms with Gasteiger partial charge in [-0.3, -0.25) is 0 Å². The second-order valence-corrected chi connectivity index (χ2v) is 3.87. The minimum absolute atomic E-state index is 0.366. The van der Waals surface area contributed by atoms with E-state index in [1.54, 1.807) is 16.7 Å². The Kier molecular flexibility index (Phi) is 3.16. The summed E-state index contributed by atoms with van der Waals surface area (Å²) in [5, 5.41) is 9.09. The lowest BCUT2D eigenvalue weighted by atomic mass is 10.0. The van der Waals surface area contributed by atoms with Crippen molar-refractivity contribution in [3.8, 4) is 17.2 Å². The number of nitrogens with zero attached hydrogens (tertiary/aromatic N) is 2. The van der Waals surface area contributed by atoms with Crippen molar-refractivity contribution in [3.05, 3.63) is 47.8 Å². The fraction of sp³-hybridized carbons (Fsp3) is 0.143. The second-order valence-electron chi connectivity index (χ2n) is 3.87. The molecule has 0 fully saturated rings. The molecule has 0 saturated carbocycles. The predicted molar refractivity (Wildman–Crippen MR) is 66.9 cm³/mol. The molecule has 0 aliphatic rings. The molecule has 1 aromatic carbocycles. The van der Waals surface area contributed by atoms with Crippen LogP contribution in [0.15, 0.2) is 36.5 Å². The molecule has 4 heteroatoms. The van der Waals surface area contributed by atoms with Crippen LogP contribution in [0.25, 0.3) is 11.1 Å². The van der Waals surface area contributed by atoms with Crippen LogP contribution in [0, 0.1) is 11.3 Å². The third-order valence-electron chi connectivity index (χ3n) is 2.80. The van der Waals surface area contributed by atoms with E-state index in [0.29, 0.717) is 11.3 Å². The first-order chi connectivity index (χ1) is 8.67. The number of benzene rings is 1. The molecule has 4 nitrogen and oxygen atoms in total. The van der Waals surface area contributed by atoms with Crippen LogP contribution in [0.1, 0.15) is 16.1 Å². The van der Waals surface area contributed by atoms with Crippen molar-refractivity contribution in [2.75, 3.05) is 7.11 Å². The molecule has 2 rings (SSSR count). The monoisotopic (exact) mass is 240 g/mol. The van der Waals surface area contributed by atoms with Crippen molar-refractivity contribution in [2.24, 2.45) is 7.05 Å². The Morgan fingerprint density at radius 2 is 1.94 bits per heavy atom. The normalized spacial score (nSPS) is 9.83. The Morgan fingerprint density at radius 3 is 2.50 bits per heavy atom. The van der Waals surface area contributed by atoms with E-state index in [1.165, 1.54) is 7.11 Å². The lowest BCUT2D eigenvalue weighted by Gasteiger charge is -2.02. The van der Waals surface area contributed by atoms with E-state index < -0.39 is 0 Å². The van der Waals surface area contributed by atoms with Crippen LogP contribution in [0.2, 0.25) is 0 Å². The molecule has 90 valence electrons. The molecular weight excluding hydrogens is 228 g/mol. The first-order valence-electron chi connectivity index (χ1n) is 5.41. The van der Waals surface area contributed by atoms with Crippen LogP contribution in [-0.2, 0) is 11.8 Å². The SMILES string of the molecule is COC(=O)c1ccc(-c2ccn(C)c2C#N)cc1. The zero-order valence-electron chi connectivity index (χ0n) is 10.2. The Balaban J connectivity index is 2.41. The number of rotatable bonds is 2. The highest BCUT2D eigenvalue weighted by Gasteiger charge is 2.10. The van der Waals surface area contributed by atoms with E-state index in [9.17, 15) is 4.79 Å². The summed E-state index contributed by atoms with van der Waals surface area (Å²) in [5.74, 6) is -0.366. The molecule has 0 aliphatic heterocycles. The van der Waals surface area contributed by atoms with E-state index in [2.05, 4.69) is 10.8 Å². The van der Waals surface area contributed by atoms with Gasteiger partial charge in [0.15, 0.2) is 0 Å². The van der Waals surface area contributed by atoms with Gasteiger partial charge in [-0.05, 0) is 23.8 Å². The topological polar surface area (TPSA) is 55.0 Å². The summed E-state index contributed by atoms with van der Waals surface area (Å²) >= 11 is 0. The number of ether oxygens (including phenoxy) is 1. The zero-order chi connectivity index (χ0) is 13.1. The van der Waals surface area contributed by atoms with Crippen LogP contribution in [0.3, 0.4) is 0 Å². The second kappa shape index (κ2) is 4.76. The summed E-state index contributed by atoms with van der Waals surface area (Å²) in [6.07, 6.45) is 1.84. The molecule has 0 saturated heterocycles. The molecule has 0 spiro atoms. The van der Waals surface area contributed by atoms with Crippen LogP contribution in [0.4, 0.5) is 0 Å². The Morgan fingerprint density at radius 1 is 1.28 bits per heavy atom. The summed E-state index contributed by atoms with van der Waals surface area (Å²) in [7, 11) is 3.17. The third kappa shape index (κ3) is 1.98. The van der Waals surface area contributed by atoms with Gasteiger partial charge >= 0.3 is 5.97 Å². The average molecular weight is 240 g/mol. The van der Waals surface area contributed by atoms with Gasteiger partial charge in [0, 0.05) is 18.8 Å². The van der Waals surface area contributed by atoms with E-state index in [4.69, 9.17) is 5.26 Å². The van der Waals surface area contributed by atoms with Gasteiger partial charge in [0.25, 0.3) is 0 Å². The molecule has 0 unspecified atom stereocenters. The van der Waals surface area contributed by atoms with Gasteiger partial charge in [0.2, 0.25) is 0 Å². The Labute approximate surface area is 105 Å². The highest BCUT2D eigenvalue weighted by atomic mass is 16.5. The quantitative estimate of drug-likeness (QED) is 0.757. The number of carbonyl (C=O) groups is 1. The molecule has 18 heavy (non-hydrogen) atoms. The fourth-order valence-electron chi connectivity index (χ4n) is 1.81. The number of nitriles is 1. The largest absolute Gasteiger partial charge is 0.465 e. The Bertz CT molecular complexity index is 618. The maximum Gasteiger partial charge on any atom is 0.337 e. The summed E-state index contributed by atoms with van der Waals surface area (Å²) in [6, 6.07) is 11.0. The van der Waals surface area contributed by atoms with Gasteiger partial charge in [-0.25, -0.2) is 4.79 Å². The Hall–Kier alpha value is -2.54. The lowest BCUT2D eigenvalue weighted by molar-refractivity contribution is 0.0601. The summed E-state index contributed by atoms with van der Waals surface area (Å²) in [5.41, 5.74) is 2.85. The number of hydrogen-bond donors (Lipinski definition) is 0. The van der Waals surface area contributed by atoms with Gasteiger partial charge in [-0.1, -0.05) is 12.1 Å². The molecule has 0 N–H and O–H groups in total. The standard InChI is InChI=1S/C14H12N2O2/c1-16-8-7-12(13(16)9-15)10-3-5-11(6-4-10)14(17)18-2/h3-8H,1-2H3. The molecular formula is C14H12N2O2. The summed E-state index contributed by atoms with van der Waals surface area (Å²) in [4.78, 5) is 11.3. The summed E-state index contributed by atoms with van der Waals surface area (Å²) < 4.78 is 6.40. The molecule has 1 heterocycles. The minimum atomic E-state index is -0.366. The van der Waals surface area contributed by atoms with Gasteiger partial charge < -0.3 is 9.30 Å². The number of hydrogen-bond acceptors (Lipinski definition) is 3. The van der Waals surface area contributed by atoms with Crippen LogP contribution in [0.5, 0.6) is 0 Å². The number of aryl methyl sites for hydroxylation is 1. The van der Waals surface area contributed by atoms with E-state index in [1.807, 2.05) is 31.4 Å². The molecule has 0 atom stereocenters. The fourth-order valence-corrected chi connectivity index (χ4v) is 1.81. The van der Waals surface area contributed by atoms with Crippen molar-refractivity contribution in [2.45, 2.75) is 0 Å². The van der Waals surface area contributed by atoms with Gasteiger partial charge in [-0.2, -0.15) is 5.26 Å². The lowest BCUT2D eigenvalue weighted by Crippen LogP contribution is -2.00. The molecule has 1 aromatic heterocycles. The van der Waals surface area contributed by atoms with Gasteiger partial charge in [0.05, 0.1) is 12.7 Å². The van der Waals surface area contributed by atoms with Crippen molar-refractivity contribution in [1.29, 1.82) is 5.26 Å². The van der Waals surface area contributed by atoms with Crippen molar-refractivity contribution >= 4 is 5.97 Å². The first kappa shape index (κ1) is 11.9. The van der Waals surface area contributed by atoms with Crippen molar-refractivity contribution < 1.29 is 9.53 Å². The molecule has 0 radical (unpaired) electrons. The number of esters is 1. The minimum Gasteiger partial charge on any atom is -0.465 e. The predicted octanol–water partition coefficient (Wildman–Crippen LogP) is 2.35. The van der Waals surface area contributed by atoms with E-state index in [0.717, 1.165) is 11.1 Å². The van der Waals surface area contributed by atoms with Gasteiger partial charge in [0.1, 0.15) is 11.8 Å². The maximum absolute atomic E-state index is 11.3. The van der Waals surface area contributed by atoms with Crippen LogP contribution in [-0.4, -0.2) is 17.6 Å². The highest BCUT2D eigenvalue weighted by molar-refractivity contribution is 5.90. The zero-order valence-corrected chi connectivity index (χ0v) is 10.2. The smallest absolute Gasteiger partial charge is 0.337 e. The molecule has 0 aliphatic carbocycles. The molecule has 0 bridgehead atoms. The van der Waals surface area contributed by atoms with Crippen molar-refractivity contribution in [3.63, 3.8) is 0 Å². The highest BCUT2D eigenvalue weighted by Crippen LogP contribution is 2.24. The van der Waals surface area contributed by atoms with Crippen LogP contribution >= 0.6 is 0 Å². The van der Waals surface area contributed by atoms with Crippen LogP contribution < -0.4 is 0 Å². The third-order valence-corrected chi connectivity index (χ3v) is 2.80. The molecule has 2 aromatic rings. The molecule has 0 amide bonds.